The maximum Gasteiger partial charge on any atom is 0.223 e. The van der Waals surface area contributed by atoms with Crippen LogP contribution in [-0.4, -0.2) is 40.0 Å². The second-order valence-corrected chi connectivity index (χ2v) is 8.25. The Morgan fingerprint density at radius 1 is 1.04 bits per heavy atom. The van der Waals surface area contributed by atoms with Gasteiger partial charge in [0.15, 0.2) is 5.13 Å². The number of hydrogen-bond acceptors (Lipinski definition) is 6. The van der Waals surface area contributed by atoms with E-state index < -0.39 is 0 Å². The molecule has 1 aliphatic heterocycles. The van der Waals surface area contributed by atoms with Crippen LogP contribution >= 0.6 is 11.3 Å². The monoisotopic (exact) mass is 379 g/mol. The smallest absolute Gasteiger partial charge is 0.223 e. The van der Waals surface area contributed by atoms with Gasteiger partial charge in [-0.25, -0.2) is 9.97 Å². The van der Waals surface area contributed by atoms with Crippen molar-refractivity contribution in [3.63, 3.8) is 0 Å². The summed E-state index contributed by atoms with van der Waals surface area (Å²) in [5.74, 6) is 0.387. The van der Waals surface area contributed by atoms with Gasteiger partial charge < -0.3 is 10.2 Å². The number of anilines is 1. The summed E-state index contributed by atoms with van der Waals surface area (Å²) in [6.45, 7) is 1.75. The van der Waals surface area contributed by atoms with Crippen molar-refractivity contribution in [1.82, 2.24) is 20.3 Å². The summed E-state index contributed by atoms with van der Waals surface area (Å²) in [7, 11) is 0. The summed E-state index contributed by atoms with van der Waals surface area (Å²) >= 11 is 1.63. The molecule has 0 bridgehead atoms. The fourth-order valence-electron chi connectivity index (χ4n) is 3.50. The molecule has 1 N–H and O–H groups in total. The number of pyridine rings is 2. The number of hydrogen-bond donors (Lipinski definition) is 1. The van der Waals surface area contributed by atoms with E-state index in [1.54, 1.807) is 23.7 Å². The Morgan fingerprint density at radius 3 is 2.56 bits per heavy atom. The molecular weight excluding hydrogens is 358 g/mol. The third-order valence-electron chi connectivity index (χ3n) is 5.28. The number of thiazole rings is 1. The Bertz CT molecular complexity index is 961. The Hall–Kier alpha value is -2.54. The lowest BCUT2D eigenvalue weighted by Gasteiger charge is -2.30. The average molecular weight is 379 g/mol. The van der Waals surface area contributed by atoms with Crippen LogP contribution in [0.1, 0.15) is 25.7 Å². The number of rotatable bonds is 4. The van der Waals surface area contributed by atoms with Crippen LogP contribution < -0.4 is 10.2 Å². The molecule has 2 fully saturated rings. The van der Waals surface area contributed by atoms with Crippen molar-refractivity contribution in [3.05, 3.63) is 36.7 Å². The number of amides is 1. The first-order chi connectivity index (χ1) is 13.3. The minimum Gasteiger partial charge on any atom is -0.353 e. The highest BCUT2D eigenvalue weighted by molar-refractivity contribution is 7.21. The molecule has 0 radical (unpaired) electrons. The molecule has 0 atom stereocenters. The zero-order valence-corrected chi connectivity index (χ0v) is 15.8. The van der Waals surface area contributed by atoms with Crippen molar-refractivity contribution in [3.8, 4) is 11.3 Å². The van der Waals surface area contributed by atoms with Crippen LogP contribution in [0.15, 0.2) is 36.7 Å². The number of piperidine rings is 1. The Balaban J connectivity index is 1.30. The standard InChI is InChI=1S/C20H21N5OS/c26-18(22-15-1-2-15)14-7-11-25(12-8-14)20-24-17-4-3-16(23-19(17)27-20)13-5-9-21-10-6-13/h3-6,9-10,14-15H,1-2,7-8,11-12H2,(H,22,26). The van der Waals surface area contributed by atoms with E-state index in [1.165, 1.54) is 0 Å². The molecule has 0 spiro atoms. The lowest BCUT2D eigenvalue weighted by Crippen LogP contribution is -2.41. The van der Waals surface area contributed by atoms with Crippen LogP contribution in [0.5, 0.6) is 0 Å². The molecule has 1 saturated carbocycles. The van der Waals surface area contributed by atoms with Crippen LogP contribution in [0.3, 0.4) is 0 Å². The molecule has 0 unspecified atom stereocenters. The quantitative estimate of drug-likeness (QED) is 0.753. The molecule has 138 valence electrons. The Labute approximate surface area is 161 Å². The summed E-state index contributed by atoms with van der Waals surface area (Å²) in [4.78, 5) is 29.1. The summed E-state index contributed by atoms with van der Waals surface area (Å²) in [5, 5.41) is 4.14. The van der Waals surface area contributed by atoms with Gasteiger partial charge in [0.05, 0.1) is 5.69 Å². The third-order valence-corrected chi connectivity index (χ3v) is 6.31. The largest absolute Gasteiger partial charge is 0.353 e. The van der Waals surface area contributed by atoms with Gasteiger partial charge in [-0.1, -0.05) is 11.3 Å². The summed E-state index contributed by atoms with van der Waals surface area (Å²) < 4.78 is 0. The SMILES string of the molecule is O=C(NC1CC1)C1CCN(c2nc3ccc(-c4ccncc4)nc3s2)CC1. The van der Waals surface area contributed by atoms with Crippen molar-refractivity contribution < 1.29 is 4.79 Å². The number of aromatic nitrogens is 3. The highest BCUT2D eigenvalue weighted by Gasteiger charge is 2.30. The van der Waals surface area contributed by atoms with E-state index >= 15 is 0 Å². The van der Waals surface area contributed by atoms with Gasteiger partial charge in [-0.2, -0.15) is 0 Å². The zero-order valence-electron chi connectivity index (χ0n) is 15.0. The number of fused-ring (bicyclic) bond motifs is 1. The topological polar surface area (TPSA) is 71.0 Å². The van der Waals surface area contributed by atoms with E-state index in [4.69, 9.17) is 9.97 Å². The molecule has 2 aliphatic rings. The van der Waals surface area contributed by atoms with Gasteiger partial charge in [0.25, 0.3) is 0 Å². The second-order valence-electron chi connectivity index (χ2n) is 7.30. The van der Waals surface area contributed by atoms with Crippen LogP contribution in [0, 0.1) is 5.92 Å². The molecule has 5 rings (SSSR count). The maximum atomic E-state index is 12.2. The highest BCUT2D eigenvalue weighted by atomic mass is 32.1. The van der Waals surface area contributed by atoms with Gasteiger partial charge in [0.1, 0.15) is 10.3 Å². The molecule has 3 aromatic heterocycles. The summed E-state index contributed by atoms with van der Waals surface area (Å²) in [5.41, 5.74) is 2.93. The molecule has 7 heteroatoms. The third kappa shape index (κ3) is 3.51. The van der Waals surface area contributed by atoms with Crippen molar-refractivity contribution in [1.29, 1.82) is 0 Å². The normalized spacial score (nSPS) is 18.0. The van der Waals surface area contributed by atoms with Gasteiger partial charge in [-0.3, -0.25) is 9.78 Å². The fraction of sp³-hybridized carbons (Fsp3) is 0.400. The van der Waals surface area contributed by atoms with Crippen LogP contribution in [0.2, 0.25) is 0 Å². The van der Waals surface area contributed by atoms with E-state index in [2.05, 4.69) is 15.2 Å². The summed E-state index contributed by atoms with van der Waals surface area (Å²) in [6, 6.07) is 8.42. The number of carbonyl (C=O) groups excluding carboxylic acids is 1. The molecule has 1 saturated heterocycles. The minimum absolute atomic E-state index is 0.146. The van der Waals surface area contributed by atoms with Crippen LogP contribution in [0.25, 0.3) is 21.6 Å². The number of carbonyl (C=O) groups is 1. The van der Waals surface area contributed by atoms with Gasteiger partial charge >= 0.3 is 0 Å². The fourth-order valence-corrected chi connectivity index (χ4v) is 4.49. The minimum atomic E-state index is 0.146. The Morgan fingerprint density at radius 2 is 1.81 bits per heavy atom. The molecule has 4 heterocycles. The molecular formula is C20H21N5OS. The molecule has 27 heavy (non-hydrogen) atoms. The molecule has 1 aliphatic carbocycles. The van der Waals surface area contributed by atoms with Gasteiger partial charge in [0.2, 0.25) is 5.91 Å². The molecule has 6 nitrogen and oxygen atoms in total. The van der Waals surface area contributed by atoms with Gasteiger partial charge in [0, 0.05) is 43.0 Å². The first kappa shape index (κ1) is 16.6. The lowest BCUT2D eigenvalue weighted by atomic mass is 9.96. The van der Waals surface area contributed by atoms with E-state index in [9.17, 15) is 4.79 Å². The zero-order chi connectivity index (χ0) is 18.2. The van der Waals surface area contributed by atoms with E-state index in [0.29, 0.717) is 6.04 Å². The van der Waals surface area contributed by atoms with Crippen LogP contribution in [-0.2, 0) is 4.79 Å². The van der Waals surface area contributed by atoms with E-state index in [-0.39, 0.29) is 11.8 Å². The maximum absolute atomic E-state index is 12.2. The van der Waals surface area contributed by atoms with E-state index in [1.807, 2.05) is 24.3 Å². The first-order valence-corrected chi connectivity index (χ1v) is 10.3. The van der Waals surface area contributed by atoms with Crippen molar-refractivity contribution >= 4 is 32.7 Å². The van der Waals surface area contributed by atoms with Crippen molar-refractivity contribution in [2.45, 2.75) is 31.7 Å². The lowest BCUT2D eigenvalue weighted by molar-refractivity contribution is -0.125. The van der Waals surface area contributed by atoms with Gasteiger partial charge in [-0.05, 0) is 49.9 Å². The van der Waals surface area contributed by atoms with Crippen molar-refractivity contribution in [2.24, 2.45) is 5.92 Å². The number of nitrogens with one attached hydrogen (secondary N) is 1. The predicted molar refractivity (Wildman–Crippen MR) is 107 cm³/mol. The van der Waals surface area contributed by atoms with Gasteiger partial charge in [-0.15, -0.1) is 0 Å². The van der Waals surface area contributed by atoms with Crippen LogP contribution in [0.4, 0.5) is 5.13 Å². The highest BCUT2D eigenvalue weighted by Crippen LogP contribution is 2.32. The summed E-state index contributed by atoms with van der Waals surface area (Å²) in [6.07, 6.45) is 7.63. The molecule has 0 aromatic carbocycles. The Kier molecular flexibility index (Phi) is 4.24. The molecule has 3 aromatic rings. The average Bonchev–Trinajstić information content (AvgIpc) is 3.43. The second kappa shape index (κ2) is 6.88. The number of nitrogens with zero attached hydrogens (tertiary/aromatic N) is 4. The van der Waals surface area contributed by atoms with Crippen molar-refractivity contribution in [2.75, 3.05) is 18.0 Å². The molecule has 1 amide bonds. The van der Waals surface area contributed by atoms with E-state index in [0.717, 1.165) is 65.5 Å². The first-order valence-electron chi connectivity index (χ1n) is 9.49. The predicted octanol–water partition coefficient (Wildman–Crippen LogP) is 3.25.